The molecule has 0 aliphatic heterocycles. The zero-order valence-corrected chi connectivity index (χ0v) is 13.6. The Balaban J connectivity index is 2.14. The molecule has 0 amide bonds. The molecule has 1 aliphatic carbocycles. The molecule has 1 atom stereocenters. The first-order chi connectivity index (χ1) is 9.53. The fourth-order valence-corrected chi connectivity index (χ4v) is 3.62. The van der Waals surface area contributed by atoms with E-state index < -0.39 is 0 Å². The van der Waals surface area contributed by atoms with Crippen molar-refractivity contribution in [3.05, 3.63) is 10.6 Å². The maximum absolute atomic E-state index is 11.9. The summed E-state index contributed by atoms with van der Waals surface area (Å²) in [6.45, 7) is 8.85. The van der Waals surface area contributed by atoms with E-state index in [2.05, 4.69) is 31.1 Å². The van der Waals surface area contributed by atoms with Gasteiger partial charge in [0.2, 0.25) is 0 Å². The summed E-state index contributed by atoms with van der Waals surface area (Å²) in [5.74, 6) is -0.289. The normalized spacial score (nSPS) is 17.9. The topological polar surface area (TPSA) is 51.2 Å². The summed E-state index contributed by atoms with van der Waals surface area (Å²) in [6.07, 6.45) is 3.88. The number of anilines is 1. The number of thiazole rings is 1. The van der Waals surface area contributed by atoms with E-state index in [1.165, 1.54) is 4.88 Å². The summed E-state index contributed by atoms with van der Waals surface area (Å²) in [6, 6.07) is 0. The average molecular weight is 296 g/mol. The Hall–Kier alpha value is -1.10. The third kappa shape index (κ3) is 2.97. The van der Waals surface area contributed by atoms with Crippen molar-refractivity contribution in [2.24, 2.45) is 0 Å². The van der Waals surface area contributed by atoms with Crippen LogP contribution >= 0.6 is 11.3 Å². The van der Waals surface area contributed by atoms with Crippen molar-refractivity contribution >= 4 is 22.4 Å². The quantitative estimate of drug-likeness (QED) is 0.813. The van der Waals surface area contributed by atoms with Crippen molar-refractivity contribution in [2.45, 2.75) is 64.8 Å². The van der Waals surface area contributed by atoms with E-state index in [0.717, 1.165) is 36.5 Å². The van der Waals surface area contributed by atoms with Gasteiger partial charge in [-0.25, -0.2) is 4.98 Å². The molecular formula is C15H24N2O2S. The molecule has 112 valence electrons. The monoisotopic (exact) mass is 296 g/mol. The van der Waals surface area contributed by atoms with Crippen molar-refractivity contribution in [3.63, 3.8) is 0 Å². The summed E-state index contributed by atoms with van der Waals surface area (Å²) in [7, 11) is 0. The molecule has 5 heteroatoms. The lowest BCUT2D eigenvalue weighted by Gasteiger charge is -2.27. The molecule has 1 aromatic heterocycles. The molecule has 0 bridgehead atoms. The summed E-state index contributed by atoms with van der Waals surface area (Å²) in [5.41, 5.74) is 1.01. The molecular weight excluding hydrogens is 272 g/mol. The second-order valence-corrected chi connectivity index (χ2v) is 6.65. The van der Waals surface area contributed by atoms with Gasteiger partial charge in [0, 0.05) is 10.4 Å². The fraction of sp³-hybridized carbons (Fsp3) is 0.733. The van der Waals surface area contributed by atoms with E-state index >= 15 is 0 Å². The third-order valence-corrected chi connectivity index (χ3v) is 5.30. The Morgan fingerprint density at radius 2 is 2.15 bits per heavy atom. The van der Waals surface area contributed by atoms with E-state index in [1.807, 2.05) is 6.92 Å². The lowest BCUT2D eigenvalue weighted by molar-refractivity contribution is -0.145. The Labute approximate surface area is 124 Å². The van der Waals surface area contributed by atoms with Gasteiger partial charge in [0.15, 0.2) is 5.13 Å². The molecule has 1 aromatic rings. The molecule has 1 aliphatic rings. The number of hydrogen-bond acceptors (Lipinski definition) is 5. The van der Waals surface area contributed by atoms with Gasteiger partial charge >= 0.3 is 5.97 Å². The van der Waals surface area contributed by atoms with Crippen LogP contribution in [0.15, 0.2) is 0 Å². The maximum Gasteiger partial charge on any atom is 0.315 e. The molecule has 20 heavy (non-hydrogen) atoms. The van der Waals surface area contributed by atoms with E-state index in [9.17, 15) is 4.79 Å². The van der Waals surface area contributed by atoms with Crippen molar-refractivity contribution in [3.8, 4) is 0 Å². The van der Waals surface area contributed by atoms with Gasteiger partial charge in [-0.15, -0.1) is 11.3 Å². The smallest absolute Gasteiger partial charge is 0.315 e. The number of carbonyl (C=O) groups excluding carboxylic acids is 1. The van der Waals surface area contributed by atoms with E-state index in [4.69, 9.17) is 4.74 Å². The Morgan fingerprint density at radius 1 is 1.45 bits per heavy atom. The average Bonchev–Trinajstić information content (AvgIpc) is 2.98. The highest BCUT2D eigenvalue weighted by Crippen LogP contribution is 2.40. The van der Waals surface area contributed by atoms with Crippen LogP contribution in [0.4, 0.5) is 5.13 Å². The van der Waals surface area contributed by atoms with Gasteiger partial charge in [0.05, 0.1) is 12.3 Å². The number of aryl methyl sites for hydroxylation is 1. The van der Waals surface area contributed by atoms with Crippen molar-refractivity contribution in [1.82, 2.24) is 4.98 Å². The third-order valence-electron chi connectivity index (χ3n) is 4.26. The molecule has 1 heterocycles. The Bertz CT molecular complexity index is 480. The van der Waals surface area contributed by atoms with Crippen LogP contribution in [0.5, 0.6) is 0 Å². The highest BCUT2D eigenvalue weighted by atomic mass is 32.1. The van der Waals surface area contributed by atoms with E-state index in [1.54, 1.807) is 11.3 Å². The van der Waals surface area contributed by atoms with Crippen LogP contribution < -0.4 is 5.32 Å². The molecule has 0 saturated heterocycles. The fourth-order valence-electron chi connectivity index (χ4n) is 2.44. The predicted octanol–water partition coefficient (Wildman–Crippen LogP) is 3.73. The van der Waals surface area contributed by atoms with Crippen LogP contribution in [0.1, 0.15) is 63.4 Å². The predicted molar refractivity (Wildman–Crippen MR) is 82.4 cm³/mol. The van der Waals surface area contributed by atoms with Gasteiger partial charge < -0.3 is 10.1 Å². The molecule has 0 spiro atoms. The Morgan fingerprint density at radius 3 is 2.75 bits per heavy atom. The minimum atomic E-state index is -0.161. The number of esters is 1. The van der Waals surface area contributed by atoms with E-state index in [0.29, 0.717) is 6.61 Å². The first-order valence-corrected chi connectivity index (χ1v) is 8.29. The number of rotatable bonds is 6. The maximum atomic E-state index is 11.9. The van der Waals surface area contributed by atoms with E-state index in [-0.39, 0.29) is 17.4 Å². The number of carbonyl (C=O) groups is 1. The summed E-state index contributed by atoms with van der Waals surface area (Å²) in [4.78, 5) is 17.8. The lowest BCUT2D eigenvalue weighted by Crippen LogP contribution is -2.32. The summed E-state index contributed by atoms with van der Waals surface area (Å²) in [5, 5.41) is 4.47. The zero-order valence-electron chi connectivity index (χ0n) is 12.8. The van der Waals surface area contributed by atoms with Crippen molar-refractivity contribution in [2.75, 3.05) is 11.9 Å². The number of nitrogens with zero attached hydrogens (tertiary/aromatic N) is 1. The largest absolute Gasteiger partial charge is 0.465 e. The van der Waals surface area contributed by atoms with Crippen LogP contribution in [0.2, 0.25) is 0 Å². The first kappa shape index (κ1) is 15.3. The van der Waals surface area contributed by atoms with Gasteiger partial charge in [0.1, 0.15) is 5.92 Å². The zero-order chi connectivity index (χ0) is 14.8. The Kier molecular flexibility index (Phi) is 4.68. The van der Waals surface area contributed by atoms with Gasteiger partial charge in [0.25, 0.3) is 0 Å². The number of ether oxygens (including phenoxy) is 1. The standard InChI is InChI=1S/C15H24N2O2S/c1-5-15(4,6-2)17-14-16-12-10(13(18)19-7-3)8-9-11(12)20-14/h10H,5-9H2,1-4H3,(H,16,17). The van der Waals surface area contributed by atoms with Crippen LogP contribution in [0.3, 0.4) is 0 Å². The van der Waals surface area contributed by atoms with Crippen LogP contribution in [-0.4, -0.2) is 23.1 Å². The second-order valence-electron chi connectivity index (χ2n) is 5.56. The second kappa shape index (κ2) is 6.12. The molecule has 0 fully saturated rings. The van der Waals surface area contributed by atoms with Crippen molar-refractivity contribution < 1.29 is 9.53 Å². The van der Waals surface area contributed by atoms with Crippen LogP contribution in [0.25, 0.3) is 0 Å². The summed E-state index contributed by atoms with van der Waals surface area (Å²) < 4.78 is 5.14. The number of hydrogen-bond donors (Lipinski definition) is 1. The van der Waals surface area contributed by atoms with Crippen LogP contribution in [0, 0.1) is 0 Å². The molecule has 4 nitrogen and oxygen atoms in total. The molecule has 0 saturated carbocycles. The number of fused-ring (bicyclic) bond motifs is 1. The molecule has 1 unspecified atom stereocenters. The lowest BCUT2D eigenvalue weighted by atomic mass is 9.96. The van der Waals surface area contributed by atoms with Gasteiger partial charge in [-0.05, 0) is 39.5 Å². The first-order valence-electron chi connectivity index (χ1n) is 7.47. The van der Waals surface area contributed by atoms with Gasteiger partial charge in [-0.3, -0.25) is 4.79 Å². The minimum Gasteiger partial charge on any atom is -0.465 e. The minimum absolute atomic E-state index is 0.0744. The molecule has 0 radical (unpaired) electrons. The van der Waals surface area contributed by atoms with Crippen LogP contribution in [-0.2, 0) is 16.0 Å². The highest BCUT2D eigenvalue weighted by Gasteiger charge is 2.34. The molecule has 2 rings (SSSR count). The highest BCUT2D eigenvalue weighted by molar-refractivity contribution is 7.15. The number of nitrogens with one attached hydrogen (secondary N) is 1. The van der Waals surface area contributed by atoms with Crippen molar-refractivity contribution in [1.29, 1.82) is 0 Å². The summed E-state index contributed by atoms with van der Waals surface area (Å²) >= 11 is 1.69. The SMILES string of the molecule is CCOC(=O)C1CCc2sc(NC(C)(CC)CC)nc21. The molecule has 1 N–H and O–H groups in total. The van der Waals surface area contributed by atoms with Gasteiger partial charge in [-0.2, -0.15) is 0 Å². The molecule has 0 aromatic carbocycles. The number of aromatic nitrogens is 1. The van der Waals surface area contributed by atoms with Gasteiger partial charge in [-0.1, -0.05) is 13.8 Å².